The third kappa shape index (κ3) is 3.02. The van der Waals surface area contributed by atoms with Crippen LogP contribution in [0.3, 0.4) is 0 Å². The molecule has 3 nitrogen and oxygen atoms in total. The van der Waals surface area contributed by atoms with Gasteiger partial charge in [0.2, 0.25) is 0 Å². The fourth-order valence-corrected chi connectivity index (χ4v) is 3.33. The summed E-state index contributed by atoms with van der Waals surface area (Å²) in [7, 11) is 1.55. The molecule has 1 aliphatic rings. The minimum Gasteiger partial charge on any atom is -0.496 e. The van der Waals surface area contributed by atoms with Gasteiger partial charge in [-0.1, -0.05) is 31.5 Å². The number of benzene rings is 1. The van der Waals surface area contributed by atoms with Crippen LogP contribution in [0.2, 0.25) is 5.02 Å². The average Bonchev–Trinajstić information content (AvgIpc) is 2.47. The van der Waals surface area contributed by atoms with Crippen LogP contribution in [-0.4, -0.2) is 12.2 Å². The van der Waals surface area contributed by atoms with E-state index in [2.05, 4.69) is 19.9 Å². The van der Waals surface area contributed by atoms with Crippen molar-refractivity contribution in [2.24, 2.45) is 10.8 Å². The second-order valence-electron chi connectivity index (χ2n) is 6.69. The van der Waals surface area contributed by atoms with Crippen LogP contribution in [-0.2, 0) is 0 Å². The van der Waals surface area contributed by atoms with Crippen molar-refractivity contribution < 1.29 is 9.84 Å². The summed E-state index contributed by atoms with van der Waals surface area (Å²) in [6, 6.07) is 7.63. The monoisotopic (exact) mass is 307 g/mol. The number of hydrogen-bond donors (Lipinski definition) is 1. The Bertz CT molecular complexity index is 552. The summed E-state index contributed by atoms with van der Waals surface area (Å²) in [5, 5.41) is 21.0. The lowest BCUT2D eigenvalue weighted by atomic mass is 9.62. The molecule has 1 aliphatic carbocycles. The molecule has 1 unspecified atom stereocenters. The van der Waals surface area contributed by atoms with E-state index in [1.54, 1.807) is 25.3 Å². The zero-order chi connectivity index (χ0) is 15.7. The SMILES string of the molecule is COc1cccc(Cl)c1C(O)C1(C#N)CCC(C)(C)CC1. The standard InChI is InChI=1S/C17H22ClNO2/c1-16(2)7-9-17(11-19,10-8-16)15(20)14-12(18)5-4-6-13(14)21-3/h4-6,15,20H,7-10H2,1-3H3. The highest BCUT2D eigenvalue weighted by Crippen LogP contribution is 2.53. The maximum Gasteiger partial charge on any atom is 0.126 e. The van der Waals surface area contributed by atoms with Gasteiger partial charge < -0.3 is 9.84 Å². The Hall–Kier alpha value is -1.24. The van der Waals surface area contributed by atoms with E-state index in [-0.39, 0.29) is 5.41 Å². The van der Waals surface area contributed by atoms with Gasteiger partial charge in [-0.15, -0.1) is 0 Å². The first-order chi connectivity index (χ1) is 9.85. The largest absolute Gasteiger partial charge is 0.496 e. The van der Waals surface area contributed by atoms with Gasteiger partial charge >= 0.3 is 0 Å². The summed E-state index contributed by atoms with van der Waals surface area (Å²) >= 11 is 6.25. The fraction of sp³-hybridized carbons (Fsp3) is 0.588. The van der Waals surface area contributed by atoms with Crippen LogP contribution in [0, 0.1) is 22.2 Å². The number of aliphatic hydroxyl groups excluding tert-OH is 1. The molecule has 2 rings (SSSR count). The van der Waals surface area contributed by atoms with Crippen molar-refractivity contribution in [3.63, 3.8) is 0 Å². The van der Waals surface area contributed by atoms with Crippen LogP contribution >= 0.6 is 11.6 Å². The first-order valence-electron chi connectivity index (χ1n) is 7.27. The molecule has 0 aromatic heterocycles. The Morgan fingerprint density at radius 3 is 2.43 bits per heavy atom. The molecule has 114 valence electrons. The number of aliphatic hydroxyl groups is 1. The van der Waals surface area contributed by atoms with E-state index in [4.69, 9.17) is 16.3 Å². The predicted octanol–water partition coefficient (Wildman–Crippen LogP) is 4.49. The molecule has 0 bridgehead atoms. The lowest BCUT2D eigenvalue weighted by molar-refractivity contribution is 0.00833. The number of rotatable bonds is 3. The minimum atomic E-state index is -0.928. The molecule has 0 amide bonds. The molecule has 4 heteroatoms. The van der Waals surface area contributed by atoms with Gasteiger partial charge in [0.25, 0.3) is 0 Å². The second-order valence-corrected chi connectivity index (χ2v) is 7.10. The molecule has 0 aliphatic heterocycles. The summed E-state index contributed by atoms with van der Waals surface area (Å²) < 4.78 is 5.31. The highest BCUT2D eigenvalue weighted by molar-refractivity contribution is 6.31. The summed E-state index contributed by atoms with van der Waals surface area (Å²) in [6.07, 6.45) is 2.26. The Kier molecular flexibility index (Phi) is 4.51. The number of hydrogen-bond acceptors (Lipinski definition) is 3. The average molecular weight is 308 g/mol. The Morgan fingerprint density at radius 1 is 1.29 bits per heavy atom. The van der Waals surface area contributed by atoms with Crippen molar-refractivity contribution in [2.45, 2.75) is 45.6 Å². The highest BCUT2D eigenvalue weighted by Gasteiger charge is 2.45. The van der Waals surface area contributed by atoms with Crippen LogP contribution in [0.1, 0.15) is 51.2 Å². The minimum absolute atomic E-state index is 0.227. The molecule has 1 N–H and O–H groups in total. The van der Waals surface area contributed by atoms with Crippen LogP contribution < -0.4 is 4.74 Å². The quantitative estimate of drug-likeness (QED) is 0.895. The molecule has 1 fully saturated rings. The molecule has 1 aromatic rings. The smallest absolute Gasteiger partial charge is 0.126 e. The van der Waals surface area contributed by atoms with E-state index in [9.17, 15) is 10.4 Å². The van der Waals surface area contributed by atoms with Crippen molar-refractivity contribution in [1.82, 2.24) is 0 Å². The van der Waals surface area contributed by atoms with Gasteiger partial charge in [0.05, 0.1) is 23.6 Å². The first-order valence-corrected chi connectivity index (χ1v) is 7.65. The Morgan fingerprint density at radius 2 is 1.90 bits per heavy atom. The van der Waals surface area contributed by atoms with Gasteiger partial charge in [-0.3, -0.25) is 0 Å². The molecule has 1 atom stereocenters. The summed E-state index contributed by atoms with van der Waals surface area (Å²) in [5.41, 5.74) is -0.0266. The molecule has 1 saturated carbocycles. The molecule has 1 aromatic carbocycles. The lowest BCUT2D eigenvalue weighted by Crippen LogP contribution is -2.35. The summed E-state index contributed by atoms with van der Waals surface area (Å²) in [6.45, 7) is 4.41. The summed E-state index contributed by atoms with van der Waals surface area (Å²) in [4.78, 5) is 0. The van der Waals surface area contributed by atoms with Gasteiger partial charge in [0.1, 0.15) is 11.9 Å². The van der Waals surface area contributed by atoms with Gasteiger partial charge in [0.15, 0.2) is 0 Å². The van der Waals surface area contributed by atoms with E-state index in [0.717, 1.165) is 12.8 Å². The number of halogens is 1. The van der Waals surface area contributed by atoms with E-state index in [1.807, 2.05) is 0 Å². The van der Waals surface area contributed by atoms with Gasteiger partial charge in [-0.25, -0.2) is 0 Å². The predicted molar refractivity (Wildman–Crippen MR) is 83.3 cm³/mol. The van der Waals surface area contributed by atoms with Gasteiger partial charge in [-0.05, 0) is 43.2 Å². The van der Waals surface area contributed by atoms with Crippen LogP contribution in [0.15, 0.2) is 18.2 Å². The molecular weight excluding hydrogens is 286 g/mol. The number of ether oxygens (including phenoxy) is 1. The van der Waals surface area contributed by atoms with Crippen LogP contribution in [0.5, 0.6) is 5.75 Å². The third-order valence-corrected chi connectivity index (χ3v) is 5.08. The maximum atomic E-state index is 10.9. The fourth-order valence-electron chi connectivity index (χ4n) is 3.06. The highest BCUT2D eigenvalue weighted by atomic mass is 35.5. The lowest BCUT2D eigenvalue weighted by Gasteiger charge is -2.42. The second kappa shape index (κ2) is 5.87. The Labute approximate surface area is 131 Å². The first kappa shape index (κ1) is 16.1. The van der Waals surface area contributed by atoms with Crippen molar-refractivity contribution >= 4 is 11.6 Å². The molecule has 0 saturated heterocycles. The van der Waals surface area contributed by atoms with Gasteiger partial charge in [0, 0.05) is 5.56 Å². The normalized spacial score (nSPS) is 21.3. The van der Waals surface area contributed by atoms with Crippen molar-refractivity contribution in [3.05, 3.63) is 28.8 Å². The van der Waals surface area contributed by atoms with E-state index < -0.39 is 11.5 Å². The Balaban J connectivity index is 2.39. The maximum absolute atomic E-state index is 10.9. The molecule has 0 heterocycles. The summed E-state index contributed by atoms with van der Waals surface area (Å²) in [5.74, 6) is 0.537. The number of nitrogens with zero attached hydrogens (tertiary/aromatic N) is 1. The molecule has 21 heavy (non-hydrogen) atoms. The van der Waals surface area contributed by atoms with Crippen molar-refractivity contribution in [1.29, 1.82) is 5.26 Å². The van der Waals surface area contributed by atoms with Crippen LogP contribution in [0.4, 0.5) is 0 Å². The molecular formula is C17H22ClNO2. The third-order valence-electron chi connectivity index (χ3n) is 4.75. The van der Waals surface area contributed by atoms with Crippen molar-refractivity contribution in [3.8, 4) is 11.8 Å². The van der Waals surface area contributed by atoms with E-state index in [1.165, 1.54) is 0 Å². The topological polar surface area (TPSA) is 53.2 Å². The molecule has 0 spiro atoms. The zero-order valence-electron chi connectivity index (χ0n) is 12.8. The number of methoxy groups -OCH3 is 1. The van der Waals surface area contributed by atoms with Crippen molar-refractivity contribution in [2.75, 3.05) is 7.11 Å². The van der Waals surface area contributed by atoms with Gasteiger partial charge in [-0.2, -0.15) is 5.26 Å². The van der Waals surface area contributed by atoms with E-state index >= 15 is 0 Å². The zero-order valence-corrected chi connectivity index (χ0v) is 13.6. The van der Waals surface area contributed by atoms with E-state index in [0.29, 0.717) is 29.2 Å². The number of nitriles is 1. The molecule has 0 radical (unpaired) electrons. The van der Waals surface area contributed by atoms with Crippen LogP contribution in [0.25, 0.3) is 0 Å².